The fourth-order valence-corrected chi connectivity index (χ4v) is 2.20. The van der Waals surface area contributed by atoms with Crippen molar-refractivity contribution in [2.75, 3.05) is 0 Å². The van der Waals surface area contributed by atoms with Crippen molar-refractivity contribution in [3.8, 4) is 5.75 Å². The Morgan fingerprint density at radius 3 is 2.80 bits per heavy atom. The predicted molar refractivity (Wildman–Crippen MR) is 77.1 cm³/mol. The molecule has 1 aromatic heterocycles. The van der Waals surface area contributed by atoms with E-state index in [1.165, 1.54) is 29.5 Å². The minimum absolute atomic E-state index is 0.0112. The number of carbonyl (C=O) groups excluding carboxylic acids is 1. The molecular formula is C13H8ClNO4S. The lowest BCUT2D eigenvalue weighted by atomic mass is 10.3. The summed E-state index contributed by atoms with van der Waals surface area (Å²) in [6.07, 6.45) is 2.88. The van der Waals surface area contributed by atoms with Gasteiger partial charge in [0.05, 0.1) is 9.95 Å². The van der Waals surface area contributed by atoms with E-state index < -0.39 is 10.9 Å². The Kier molecular flexibility index (Phi) is 4.49. The monoisotopic (exact) mass is 309 g/mol. The van der Waals surface area contributed by atoms with Gasteiger partial charge in [-0.1, -0.05) is 17.7 Å². The highest BCUT2D eigenvalue weighted by Crippen LogP contribution is 2.28. The molecule has 2 rings (SSSR count). The van der Waals surface area contributed by atoms with Crippen LogP contribution in [0.5, 0.6) is 5.75 Å². The summed E-state index contributed by atoms with van der Waals surface area (Å²) in [6, 6.07) is 7.36. The van der Waals surface area contributed by atoms with Gasteiger partial charge in [0.15, 0.2) is 0 Å². The highest BCUT2D eigenvalue weighted by atomic mass is 35.5. The van der Waals surface area contributed by atoms with E-state index in [1.807, 2.05) is 17.5 Å². The molecule has 0 radical (unpaired) electrons. The third-order valence-corrected chi connectivity index (χ3v) is 3.40. The summed E-state index contributed by atoms with van der Waals surface area (Å²) < 4.78 is 5.00. The second-order valence-corrected chi connectivity index (χ2v) is 5.03. The molecule has 0 saturated carbocycles. The summed E-state index contributed by atoms with van der Waals surface area (Å²) in [7, 11) is 0. The molecule has 0 fully saturated rings. The molecule has 1 aromatic carbocycles. The third kappa shape index (κ3) is 3.66. The third-order valence-electron chi connectivity index (χ3n) is 2.26. The van der Waals surface area contributed by atoms with Gasteiger partial charge in [-0.25, -0.2) is 4.79 Å². The number of thiophene rings is 1. The molecule has 0 saturated heterocycles. The van der Waals surface area contributed by atoms with E-state index in [0.717, 1.165) is 10.9 Å². The summed E-state index contributed by atoms with van der Waals surface area (Å²) in [5.41, 5.74) is -0.163. The zero-order valence-electron chi connectivity index (χ0n) is 9.99. The molecule has 0 bridgehead atoms. The normalized spacial score (nSPS) is 10.7. The first kappa shape index (κ1) is 14.2. The van der Waals surface area contributed by atoms with Gasteiger partial charge in [0.1, 0.15) is 5.75 Å². The van der Waals surface area contributed by atoms with Crippen molar-refractivity contribution in [3.63, 3.8) is 0 Å². The van der Waals surface area contributed by atoms with E-state index in [0.29, 0.717) is 0 Å². The molecule has 0 N–H and O–H groups in total. The van der Waals surface area contributed by atoms with Crippen LogP contribution in [-0.2, 0) is 4.79 Å². The van der Waals surface area contributed by atoms with E-state index in [-0.39, 0.29) is 16.5 Å². The van der Waals surface area contributed by atoms with Crippen LogP contribution in [0.4, 0.5) is 5.69 Å². The Hall–Kier alpha value is -2.18. The van der Waals surface area contributed by atoms with Crippen LogP contribution in [-0.4, -0.2) is 10.9 Å². The Bertz CT molecular complexity index is 667. The molecule has 0 unspecified atom stereocenters. The fraction of sp³-hybridized carbons (Fsp3) is 0. The largest absolute Gasteiger partial charge is 0.422 e. The van der Waals surface area contributed by atoms with Crippen molar-refractivity contribution in [2.45, 2.75) is 0 Å². The molecule has 0 spiro atoms. The highest BCUT2D eigenvalue weighted by Gasteiger charge is 2.12. The summed E-state index contributed by atoms with van der Waals surface area (Å²) >= 11 is 7.30. The number of nitro groups is 1. The SMILES string of the molecule is O=C(/C=C/c1cccs1)Oc1ccc([N+](=O)[O-])cc1Cl. The number of ether oxygens (including phenoxy) is 1. The van der Waals surface area contributed by atoms with Crippen molar-refractivity contribution in [1.29, 1.82) is 0 Å². The van der Waals surface area contributed by atoms with Crippen LogP contribution >= 0.6 is 22.9 Å². The Morgan fingerprint density at radius 1 is 1.40 bits per heavy atom. The first-order valence-corrected chi connectivity index (χ1v) is 6.69. The number of rotatable bonds is 4. The van der Waals surface area contributed by atoms with Crippen LogP contribution in [0.1, 0.15) is 4.88 Å². The van der Waals surface area contributed by atoms with Crippen LogP contribution in [0.25, 0.3) is 6.08 Å². The Morgan fingerprint density at radius 2 is 2.20 bits per heavy atom. The van der Waals surface area contributed by atoms with E-state index >= 15 is 0 Å². The molecule has 102 valence electrons. The second-order valence-electron chi connectivity index (χ2n) is 3.64. The first-order chi connectivity index (χ1) is 9.56. The molecule has 0 aliphatic carbocycles. The van der Waals surface area contributed by atoms with Crippen LogP contribution in [0, 0.1) is 10.1 Å². The molecule has 0 amide bonds. The lowest BCUT2D eigenvalue weighted by Crippen LogP contribution is -2.04. The maximum atomic E-state index is 11.6. The standard InChI is InChI=1S/C13H8ClNO4S/c14-11-8-9(15(17)18)3-5-12(11)19-13(16)6-4-10-2-1-7-20-10/h1-8H/b6-4+. The minimum atomic E-state index is -0.603. The Labute approximate surface area is 123 Å². The quantitative estimate of drug-likeness (QED) is 0.282. The van der Waals surface area contributed by atoms with Gasteiger partial charge in [-0.2, -0.15) is 0 Å². The number of hydrogen-bond acceptors (Lipinski definition) is 5. The number of nitrogens with zero attached hydrogens (tertiary/aromatic N) is 1. The lowest BCUT2D eigenvalue weighted by molar-refractivity contribution is -0.384. The molecule has 0 aliphatic heterocycles. The molecule has 0 aliphatic rings. The molecule has 2 aromatic rings. The predicted octanol–water partition coefficient (Wildman–Crippen LogP) is 3.93. The van der Waals surface area contributed by atoms with E-state index in [1.54, 1.807) is 6.08 Å². The molecule has 1 heterocycles. The molecule has 0 atom stereocenters. The molecule has 5 nitrogen and oxygen atoms in total. The van der Waals surface area contributed by atoms with E-state index in [9.17, 15) is 14.9 Å². The van der Waals surface area contributed by atoms with Gasteiger partial charge in [-0.15, -0.1) is 11.3 Å². The average molecular weight is 310 g/mol. The van der Waals surface area contributed by atoms with Crippen molar-refractivity contribution in [2.24, 2.45) is 0 Å². The zero-order valence-corrected chi connectivity index (χ0v) is 11.6. The first-order valence-electron chi connectivity index (χ1n) is 5.43. The number of nitro benzene ring substituents is 1. The van der Waals surface area contributed by atoms with Gasteiger partial charge >= 0.3 is 5.97 Å². The topological polar surface area (TPSA) is 69.4 Å². The van der Waals surface area contributed by atoms with Gasteiger partial charge in [-0.05, 0) is 23.6 Å². The number of benzene rings is 1. The second kappa shape index (κ2) is 6.31. The molecule has 7 heteroatoms. The fourth-order valence-electron chi connectivity index (χ4n) is 1.36. The van der Waals surface area contributed by atoms with Crippen LogP contribution < -0.4 is 4.74 Å². The highest BCUT2D eigenvalue weighted by molar-refractivity contribution is 7.10. The van der Waals surface area contributed by atoms with Crippen molar-refractivity contribution in [1.82, 2.24) is 0 Å². The average Bonchev–Trinajstić information content (AvgIpc) is 2.91. The molecule has 20 heavy (non-hydrogen) atoms. The van der Waals surface area contributed by atoms with Crippen LogP contribution in [0.2, 0.25) is 5.02 Å². The smallest absolute Gasteiger partial charge is 0.336 e. The van der Waals surface area contributed by atoms with Gasteiger partial charge in [0.25, 0.3) is 5.69 Å². The minimum Gasteiger partial charge on any atom is -0.422 e. The van der Waals surface area contributed by atoms with Crippen molar-refractivity contribution < 1.29 is 14.5 Å². The summed E-state index contributed by atoms with van der Waals surface area (Å²) in [5, 5.41) is 12.4. The Balaban J connectivity index is 2.06. The maximum absolute atomic E-state index is 11.6. The maximum Gasteiger partial charge on any atom is 0.336 e. The number of halogens is 1. The summed E-state index contributed by atoms with van der Waals surface area (Å²) in [4.78, 5) is 22.5. The van der Waals surface area contributed by atoms with Crippen molar-refractivity contribution in [3.05, 3.63) is 61.8 Å². The number of hydrogen-bond donors (Lipinski definition) is 0. The molecular weight excluding hydrogens is 302 g/mol. The van der Waals surface area contributed by atoms with E-state index in [4.69, 9.17) is 16.3 Å². The lowest BCUT2D eigenvalue weighted by Gasteiger charge is -2.03. The van der Waals surface area contributed by atoms with Gasteiger partial charge < -0.3 is 4.74 Å². The summed E-state index contributed by atoms with van der Waals surface area (Å²) in [6.45, 7) is 0. The number of carbonyl (C=O) groups is 1. The van der Waals surface area contributed by atoms with Crippen molar-refractivity contribution >= 4 is 40.7 Å². The van der Waals surface area contributed by atoms with Gasteiger partial charge in [0.2, 0.25) is 0 Å². The van der Waals surface area contributed by atoms with Gasteiger partial charge in [0, 0.05) is 23.1 Å². The number of non-ortho nitro benzene ring substituents is 1. The number of esters is 1. The van der Waals surface area contributed by atoms with Gasteiger partial charge in [-0.3, -0.25) is 10.1 Å². The van der Waals surface area contributed by atoms with Crippen LogP contribution in [0.15, 0.2) is 41.8 Å². The van der Waals surface area contributed by atoms with E-state index in [2.05, 4.69) is 0 Å². The summed E-state index contributed by atoms with van der Waals surface area (Å²) in [5.74, 6) is -0.521. The van der Waals surface area contributed by atoms with Crippen LogP contribution in [0.3, 0.4) is 0 Å². The zero-order chi connectivity index (χ0) is 14.5.